The first-order valence-electron chi connectivity index (χ1n) is 9.68. The van der Waals surface area contributed by atoms with Gasteiger partial charge in [0.05, 0.1) is 0 Å². The number of nitrogens with two attached hydrogens (primary N) is 1. The molecule has 0 aliphatic rings. The summed E-state index contributed by atoms with van der Waals surface area (Å²) < 4.78 is 0. The van der Waals surface area contributed by atoms with Crippen LogP contribution >= 0.6 is 0 Å². The average molecular weight is 372 g/mol. The Hall–Kier alpha value is -3.91. The molecule has 0 saturated carbocycles. The summed E-state index contributed by atoms with van der Waals surface area (Å²) >= 11 is 0. The van der Waals surface area contributed by atoms with Gasteiger partial charge < -0.3 is 5.73 Å². The van der Waals surface area contributed by atoms with Gasteiger partial charge in [0.25, 0.3) is 0 Å². The van der Waals surface area contributed by atoms with Crippen molar-refractivity contribution in [1.29, 1.82) is 5.41 Å². The van der Waals surface area contributed by atoms with Crippen LogP contribution in [0.15, 0.2) is 103 Å². The van der Waals surface area contributed by atoms with Crippen LogP contribution in [0.1, 0.15) is 5.56 Å². The zero-order valence-corrected chi connectivity index (χ0v) is 15.9. The topological polar surface area (TPSA) is 49.9 Å². The zero-order valence-electron chi connectivity index (χ0n) is 15.9. The maximum Gasteiger partial charge on any atom is 0.123 e. The molecule has 2 heteroatoms. The maximum atomic E-state index is 8.23. The largest absolute Gasteiger partial charge is 0.384 e. The van der Waals surface area contributed by atoms with Gasteiger partial charge in [0.2, 0.25) is 0 Å². The van der Waals surface area contributed by atoms with Gasteiger partial charge in [-0.1, -0.05) is 103 Å². The van der Waals surface area contributed by atoms with E-state index in [4.69, 9.17) is 11.1 Å². The second-order valence-corrected chi connectivity index (χ2v) is 7.20. The Kier molecular flexibility index (Phi) is 4.10. The summed E-state index contributed by atoms with van der Waals surface area (Å²) in [6.45, 7) is 0. The van der Waals surface area contributed by atoms with E-state index in [0.717, 1.165) is 33.2 Å². The number of hydrogen-bond donors (Lipinski definition) is 2. The van der Waals surface area contributed by atoms with Crippen molar-refractivity contribution in [3.8, 4) is 22.3 Å². The van der Waals surface area contributed by atoms with E-state index in [-0.39, 0.29) is 5.84 Å². The van der Waals surface area contributed by atoms with Crippen LogP contribution in [0.25, 0.3) is 43.8 Å². The maximum absolute atomic E-state index is 8.23. The van der Waals surface area contributed by atoms with Crippen LogP contribution < -0.4 is 5.73 Å². The molecule has 5 aromatic rings. The molecule has 5 rings (SSSR count). The van der Waals surface area contributed by atoms with E-state index in [0.29, 0.717) is 0 Å². The molecule has 0 radical (unpaired) electrons. The number of nitrogen functional groups attached to an aromatic ring is 1. The van der Waals surface area contributed by atoms with Gasteiger partial charge in [-0.05, 0) is 38.2 Å². The second-order valence-electron chi connectivity index (χ2n) is 7.20. The van der Waals surface area contributed by atoms with Crippen molar-refractivity contribution in [3.05, 3.63) is 109 Å². The lowest BCUT2D eigenvalue weighted by Crippen LogP contribution is -2.13. The molecule has 5 aromatic carbocycles. The Morgan fingerprint density at radius 1 is 0.517 bits per heavy atom. The predicted octanol–water partition coefficient (Wildman–Crippen LogP) is 6.61. The van der Waals surface area contributed by atoms with Crippen molar-refractivity contribution >= 4 is 27.4 Å². The summed E-state index contributed by atoms with van der Waals surface area (Å²) in [7, 11) is 0. The van der Waals surface area contributed by atoms with Crippen LogP contribution in [0.2, 0.25) is 0 Å². The molecule has 0 spiro atoms. The lowest BCUT2D eigenvalue weighted by Gasteiger charge is -2.18. The Labute approximate surface area is 169 Å². The number of nitrogens with one attached hydrogen (secondary N) is 1. The molecule has 0 atom stereocenters. The molecule has 29 heavy (non-hydrogen) atoms. The first-order valence-corrected chi connectivity index (χ1v) is 9.68. The fourth-order valence-electron chi connectivity index (χ4n) is 4.20. The fraction of sp³-hybridized carbons (Fsp3) is 0. The zero-order chi connectivity index (χ0) is 19.8. The fourth-order valence-corrected chi connectivity index (χ4v) is 4.20. The molecule has 0 aromatic heterocycles. The van der Waals surface area contributed by atoms with Gasteiger partial charge in [-0.15, -0.1) is 0 Å². The van der Waals surface area contributed by atoms with Crippen molar-refractivity contribution in [2.75, 3.05) is 0 Å². The minimum Gasteiger partial charge on any atom is -0.384 e. The molecule has 138 valence electrons. The highest BCUT2D eigenvalue weighted by Gasteiger charge is 2.17. The molecule has 0 unspecified atom stereocenters. The third kappa shape index (κ3) is 2.86. The van der Waals surface area contributed by atoms with E-state index in [1.54, 1.807) is 0 Å². The van der Waals surface area contributed by atoms with Crippen molar-refractivity contribution in [2.45, 2.75) is 0 Å². The summed E-state index contributed by atoms with van der Waals surface area (Å²) in [6, 6.07) is 35.5. The number of fused-ring (bicyclic) bond motifs is 2. The highest BCUT2D eigenvalue weighted by molar-refractivity contribution is 6.12. The monoisotopic (exact) mass is 372 g/mol. The van der Waals surface area contributed by atoms with E-state index >= 15 is 0 Å². The van der Waals surface area contributed by atoms with Crippen molar-refractivity contribution in [1.82, 2.24) is 0 Å². The summed E-state index contributed by atoms with van der Waals surface area (Å²) in [6.07, 6.45) is 0. The summed E-state index contributed by atoms with van der Waals surface area (Å²) in [5, 5.41) is 13.0. The molecular formula is C27H20N2. The second kappa shape index (κ2) is 6.92. The number of hydrogen-bond acceptors (Lipinski definition) is 1. The van der Waals surface area contributed by atoms with Crippen LogP contribution in [0.3, 0.4) is 0 Å². The minimum atomic E-state index is 0.0787. The molecule has 0 saturated heterocycles. The van der Waals surface area contributed by atoms with E-state index < -0.39 is 0 Å². The molecule has 2 nitrogen and oxygen atoms in total. The smallest absolute Gasteiger partial charge is 0.123 e. The normalized spacial score (nSPS) is 11.0. The number of rotatable bonds is 3. The first kappa shape index (κ1) is 17.2. The third-order valence-electron chi connectivity index (χ3n) is 5.49. The van der Waals surface area contributed by atoms with Gasteiger partial charge in [-0.3, -0.25) is 5.41 Å². The lowest BCUT2D eigenvalue weighted by molar-refractivity contribution is 1.42. The van der Waals surface area contributed by atoms with Crippen LogP contribution in [0, 0.1) is 5.41 Å². The van der Waals surface area contributed by atoms with Gasteiger partial charge in [0, 0.05) is 11.1 Å². The van der Waals surface area contributed by atoms with Gasteiger partial charge in [0.15, 0.2) is 0 Å². The van der Waals surface area contributed by atoms with Gasteiger partial charge >= 0.3 is 0 Å². The van der Waals surface area contributed by atoms with Gasteiger partial charge in [0.1, 0.15) is 5.84 Å². The summed E-state index contributed by atoms with van der Waals surface area (Å²) in [4.78, 5) is 0. The SMILES string of the molecule is N=C(N)c1cccc(-c2cccc3ccccc23)c1-c1cccc2ccccc12. The van der Waals surface area contributed by atoms with Crippen molar-refractivity contribution < 1.29 is 0 Å². The van der Waals surface area contributed by atoms with E-state index in [9.17, 15) is 0 Å². The Morgan fingerprint density at radius 3 is 1.66 bits per heavy atom. The van der Waals surface area contributed by atoms with Gasteiger partial charge in [-0.25, -0.2) is 0 Å². The molecule has 0 aliphatic carbocycles. The predicted molar refractivity (Wildman–Crippen MR) is 123 cm³/mol. The average Bonchev–Trinajstić information content (AvgIpc) is 2.78. The van der Waals surface area contributed by atoms with Crippen LogP contribution in [-0.2, 0) is 0 Å². The first-order chi connectivity index (χ1) is 14.2. The number of amidine groups is 1. The molecule has 0 fully saturated rings. The highest BCUT2D eigenvalue weighted by atomic mass is 14.7. The third-order valence-corrected chi connectivity index (χ3v) is 5.49. The molecule has 3 N–H and O–H groups in total. The highest BCUT2D eigenvalue weighted by Crippen LogP contribution is 2.40. The molecule has 0 aliphatic heterocycles. The van der Waals surface area contributed by atoms with Gasteiger partial charge in [-0.2, -0.15) is 0 Å². The quantitative estimate of drug-likeness (QED) is 0.272. The van der Waals surface area contributed by atoms with Crippen molar-refractivity contribution in [3.63, 3.8) is 0 Å². The van der Waals surface area contributed by atoms with Crippen LogP contribution in [0.4, 0.5) is 0 Å². The lowest BCUT2D eigenvalue weighted by atomic mass is 9.86. The molecule has 0 bridgehead atoms. The summed E-state index contributed by atoms with van der Waals surface area (Å²) in [5.74, 6) is 0.0787. The minimum absolute atomic E-state index is 0.0787. The standard InChI is InChI=1S/C27H20N2/c28-27(29)25-17-7-16-24(22-14-5-10-18-8-1-3-12-20(18)22)26(25)23-15-6-11-19-9-2-4-13-21(19)23/h1-17H,(H3,28,29). The Balaban J connectivity index is 1.92. The van der Waals surface area contributed by atoms with E-state index in [1.807, 2.05) is 12.1 Å². The Bertz CT molecular complexity index is 1370. The summed E-state index contributed by atoms with van der Waals surface area (Å²) in [5.41, 5.74) is 11.1. The molecular weight excluding hydrogens is 352 g/mol. The Morgan fingerprint density at radius 2 is 1.00 bits per heavy atom. The van der Waals surface area contributed by atoms with Crippen LogP contribution in [0.5, 0.6) is 0 Å². The van der Waals surface area contributed by atoms with Crippen LogP contribution in [-0.4, -0.2) is 5.84 Å². The van der Waals surface area contributed by atoms with E-state index in [2.05, 4.69) is 91.0 Å². The van der Waals surface area contributed by atoms with E-state index in [1.165, 1.54) is 16.2 Å². The van der Waals surface area contributed by atoms with Crippen molar-refractivity contribution in [2.24, 2.45) is 5.73 Å². The molecule has 0 amide bonds. The molecule has 0 heterocycles. The number of benzene rings is 5.